The van der Waals surface area contributed by atoms with Crippen LogP contribution < -0.4 is 5.32 Å². The van der Waals surface area contributed by atoms with Gasteiger partial charge in [0.05, 0.1) is 6.67 Å². The molecule has 1 atom stereocenters. The topological polar surface area (TPSA) is 52.7 Å². The fourth-order valence-electron chi connectivity index (χ4n) is 4.54. The molecule has 0 spiro atoms. The lowest BCUT2D eigenvalue weighted by Gasteiger charge is -2.29. The Balaban J connectivity index is 1.43. The second-order valence-corrected chi connectivity index (χ2v) is 8.84. The molecule has 1 N–H and O–H groups in total. The Morgan fingerprint density at radius 1 is 0.879 bits per heavy atom. The number of hydrogen-bond acceptors (Lipinski definition) is 3. The van der Waals surface area contributed by atoms with Gasteiger partial charge in [-0.25, -0.2) is 14.1 Å². The average Bonchev–Trinajstić information content (AvgIpc) is 3.65. The highest BCUT2D eigenvalue weighted by atomic mass is 19.1. The quantitative estimate of drug-likeness (QED) is 0.524. The van der Waals surface area contributed by atoms with Gasteiger partial charge >= 0.3 is 6.03 Å². The summed E-state index contributed by atoms with van der Waals surface area (Å²) in [4.78, 5) is 30.5. The Morgan fingerprint density at radius 3 is 2.15 bits per heavy atom. The van der Waals surface area contributed by atoms with Crippen LogP contribution in [0, 0.1) is 5.82 Å². The van der Waals surface area contributed by atoms with E-state index >= 15 is 0 Å². The maximum absolute atomic E-state index is 13.9. The second-order valence-electron chi connectivity index (χ2n) is 8.84. The van der Waals surface area contributed by atoms with E-state index in [1.165, 1.54) is 17.0 Å². The molecule has 1 saturated carbocycles. The molecule has 2 fully saturated rings. The second kappa shape index (κ2) is 8.79. The maximum Gasteiger partial charge on any atom is 0.326 e. The van der Waals surface area contributed by atoms with Crippen molar-refractivity contribution in [2.45, 2.75) is 37.4 Å². The summed E-state index contributed by atoms with van der Waals surface area (Å²) >= 11 is 0. The van der Waals surface area contributed by atoms with Crippen molar-refractivity contribution in [3.63, 3.8) is 0 Å². The zero-order valence-corrected chi connectivity index (χ0v) is 18.3. The van der Waals surface area contributed by atoms with E-state index in [4.69, 9.17) is 0 Å². The molecular formula is C27H26FN3O2. The molecule has 1 saturated heterocycles. The van der Waals surface area contributed by atoms with Gasteiger partial charge in [-0.15, -0.1) is 0 Å². The minimum Gasteiger partial charge on any atom is -0.319 e. The van der Waals surface area contributed by atoms with Crippen LogP contribution in [0.25, 0.3) is 0 Å². The van der Waals surface area contributed by atoms with Crippen LogP contribution in [-0.4, -0.2) is 34.4 Å². The minimum absolute atomic E-state index is 0.204. The fraction of sp³-hybridized carbons (Fsp3) is 0.259. The van der Waals surface area contributed by atoms with Crippen molar-refractivity contribution >= 4 is 11.9 Å². The number of halogens is 1. The van der Waals surface area contributed by atoms with Gasteiger partial charge < -0.3 is 5.32 Å². The first-order chi connectivity index (χ1) is 16.0. The van der Waals surface area contributed by atoms with E-state index in [2.05, 4.69) is 10.2 Å². The molecule has 0 radical (unpaired) electrons. The number of nitrogens with zero attached hydrogens (tertiary/aromatic N) is 2. The van der Waals surface area contributed by atoms with Crippen LogP contribution in [0.5, 0.6) is 0 Å². The number of hydrogen-bond donors (Lipinski definition) is 1. The number of urea groups is 1. The molecular weight excluding hydrogens is 417 g/mol. The highest BCUT2D eigenvalue weighted by Gasteiger charge is 2.53. The highest BCUT2D eigenvalue weighted by molar-refractivity contribution is 6.07. The van der Waals surface area contributed by atoms with E-state index in [1.54, 1.807) is 12.1 Å². The summed E-state index contributed by atoms with van der Waals surface area (Å²) < 4.78 is 13.3. The summed E-state index contributed by atoms with van der Waals surface area (Å²) in [6.07, 6.45) is 2.43. The van der Waals surface area contributed by atoms with Crippen molar-refractivity contribution in [3.8, 4) is 0 Å². The smallest absolute Gasteiger partial charge is 0.319 e. The zero-order valence-electron chi connectivity index (χ0n) is 18.3. The van der Waals surface area contributed by atoms with Gasteiger partial charge in [-0.3, -0.25) is 9.69 Å². The molecule has 3 aromatic carbocycles. The molecule has 1 aliphatic heterocycles. The predicted octanol–water partition coefficient (Wildman–Crippen LogP) is 4.44. The molecule has 6 heteroatoms. The Kier molecular flexibility index (Phi) is 5.68. The third kappa shape index (κ3) is 4.39. The van der Waals surface area contributed by atoms with Gasteiger partial charge in [0.2, 0.25) is 0 Å². The van der Waals surface area contributed by atoms with Crippen LogP contribution >= 0.6 is 0 Å². The lowest BCUT2D eigenvalue weighted by atomic mass is 9.83. The maximum atomic E-state index is 13.9. The van der Waals surface area contributed by atoms with Gasteiger partial charge in [-0.05, 0) is 41.7 Å². The number of nitrogens with one attached hydrogen (secondary N) is 1. The zero-order chi connectivity index (χ0) is 22.8. The Bertz CT molecular complexity index is 1130. The Labute approximate surface area is 192 Å². The molecule has 2 aliphatic rings. The molecule has 168 valence electrons. The largest absolute Gasteiger partial charge is 0.326 e. The third-order valence-corrected chi connectivity index (χ3v) is 6.44. The molecule has 1 heterocycles. The molecule has 33 heavy (non-hydrogen) atoms. The summed E-state index contributed by atoms with van der Waals surface area (Å²) in [5, 5.41) is 3.03. The summed E-state index contributed by atoms with van der Waals surface area (Å²) in [5.74, 6) is -0.522. The molecule has 5 nitrogen and oxygen atoms in total. The number of carbonyl (C=O) groups is 2. The number of amides is 3. The predicted molar refractivity (Wildman–Crippen MR) is 123 cm³/mol. The number of imide groups is 1. The van der Waals surface area contributed by atoms with E-state index in [-0.39, 0.29) is 24.4 Å². The van der Waals surface area contributed by atoms with Crippen LogP contribution in [0.1, 0.15) is 29.5 Å². The summed E-state index contributed by atoms with van der Waals surface area (Å²) in [6, 6.07) is 25.5. The van der Waals surface area contributed by atoms with E-state index in [1.807, 2.05) is 60.7 Å². The summed E-state index contributed by atoms with van der Waals surface area (Å²) in [5.41, 5.74) is 1.55. The lowest BCUT2D eigenvalue weighted by Crippen LogP contribution is -2.47. The van der Waals surface area contributed by atoms with Gasteiger partial charge in [-0.1, -0.05) is 72.8 Å². The average molecular weight is 444 g/mol. The van der Waals surface area contributed by atoms with E-state index in [9.17, 15) is 14.0 Å². The van der Waals surface area contributed by atoms with Crippen LogP contribution in [0.4, 0.5) is 9.18 Å². The molecule has 0 bridgehead atoms. The summed E-state index contributed by atoms with van der Waals surface area (Å²) in [6.45, 7) is 0.759. The van der Waals surface area contributed by atoms with Gasteiger partial charge in [0.1, 0.15) is 5.82 Å². The van der Waals surface area contributed by atoms with Crippen LogP contribution in [0.2, 0.25) is 0 Å². The van der Waals surface area contributed by atoms with Crippen molar-refractivity contribution in [1.29, 1.82) is 0 Å². The monoisotopic (exact) mass is 443 g/mol. The van der Waals surface area contributed by atoms with Gasteiger partial charge in [0.15, 0.2) is 5.54 Å². The Morgan fingerprint density at radius 2 is 1.52 bits per heavy atom. The number of benzene rings is 3. The van der Waals surface area contributed by atoms with Crippen LogP contribution in [0.15, 0.2) is 84.9 Å². The first kappa shape index (κ1) is 21.3. The normalized spacial score (nSPS) is 20.4. The van der Waals surface area contributed by atoms with E-state index in [0.29, 0.717) is 19.0 Å². The van der Waals surface area contributed by atoms with Crippen molar-refractivity contribution in [1.82, 2.24) is 15.1 Å². The fourth-order valence-corrected chi connectivity index (χ4v) is 4.54. The van der Waals surface area contributed by atoms with E-state index in [0.717, 1.165) is 29.5 Å². The molecule has 3 aromatic rings. The first-order valence-electron chi connectivity index (χ1n) is 11.3. The molecule has 0 unspecified atom stereocenters. The standard InChI is InChI=1S/C27H26FN3O2/c28-23-13-11-21(12-14-23)18-30(24-15-16-24)19-31-25(32)27(29-26(31)33,22-9-5-2-6-10-22)17-20-7-3-1-4-8-20/h1-14,24H,15-19H2,(H,29,33)/t27-/m1/s1. The van der Waals surface area contributed by atoms with Crippen molar-refractivity contribution < 1.29 is 14.0 Å². The van der Waals surface area contributed by atoms with Gasteiger partial charge in [-0.2, -0.15) is 0 Å². The van der Waals surface area contributed by atoms with Crippen LogP contribution in [-0.2, 0) is 23.3 Å². The van der Waals surface area contributed by atoms with Gasteiger partial charge in [0, 0.05) is 19.0 Å². The van der Waals surface area contributed by atoms with Gasteiger partial charge in [0.25, 0.3) is 5.91 Å². The molecule has 3 amide bonds. The SMILES string of the molecule is O=C1N[C@](Cc2ccccc2)(c2ccccc2)C(=O)N1CN(Cc1ccc(F)cc1)C1CC1. The number of carbonyl (C=O) groups excluding carboxylic acids is 2. The van der Waals surface area contributed by atoms with Crippen molar-refractivity contribution in [2.75, 3.05) is 6.67 Å². The third-order valence-electron chi connectivity index (χ3n) is 6.44. The van der Waals surface area contributed by atoms with Crippen molar-refractivity contribution in [3.05, 3.63) is 107 Å². The summed E-state index contributed by atoms with van der Waals surface area (Å²) in [7, 11) is 0. The Hall–Kier alpha value is -3.51. The molecule has 0 aromatic heterocycles. The molecule has 1 aliphatic carbocycles. The first-order valence-corrected chi connectivity index (χ1v) is 11.3. The molecule has 5 rings (SSSR count). The van der Waals surface area contributed by atoms with Crippen LogP contribution in [0.3, 0.4) is 0 Å². The van der Waals surface area contributed by atoms with E-state index < -0.39 is 5.54 Å². The number of rotatable bonds is 8. The highest BCUT2D eigenvalue weighted by Crippen LogP contribution is 2.35. The lowest BCUT2D eigenvalue weighted by molar-refractivity contribution is -0.133. The minimum atomic E-state index is -1.15. The van der Waals surface area contributed by atoms with Crippen molar-refractivity contribution in [2.24, 2.45) is 0 Å².